The number of rotatable bonds is 8. The summed E-state index contributed by atoms with van der Waals surface area (Å²) < 4.78 is 21.4. The van der Waals surface area contributed by atoms with E-state index in [1.165, 1.54) is 48.3 Å². The van der Waals surface area contributed by atoms with Crippen LogP contribution in [0, 0.1) is 11.7 Å². The van der Waals surface area contributed by atoms with Gasteiger partial charge in [0.25, 0.3) is 11.8 Å². The first-order chi connectivity index (χ1) is 18.9. The quantitative estimate of drug-likeness (QED) is 0.265. The van der Waals surface area contributed by atoms with Crippen molar-refractivity contribution in [2.45, 2.75) is 0 Å². The molecule has 12 heteroatoms. The first-order valence-electron chi connectivity index (χ1n) is 12.1. The Morgan fingerprint density at radius 3 is 2.59 bits per heavy atom. The molecule has 39 heavy (non-hydrogen) atoms. The van der Waals surface area contributed by atoms with Gasteiger partial charge in [0.1, 0.15) is 23.1 Å². The van der Waals surface area contributed by atoms with Gasteiger partial charge >= 0.3 is 0 Å². The van der Waals surface area contributed by atoms with Crippen LogP contribution in [0.3, 0.4) is 0 Å². The van der Waals surface area contributed by atoms with E-state index in [2.05, 4.69) is 31.6 Å². The molecule has 0 spiro atoms. The Morgan fingerprint density at radius 2 is 1.87 bits per heavy atom. The molecule has 0 unspecified atom stereocenters. The van der Waals surface area contributed by atoms with E-state index in [-0.39, 0.29) is 50.9 Å². The van der Waals surface area contributed by atoms with Crippen molar-refractivity contribution in [3.63, 3.8) is 0 Å². The van der Waals surface area contributed by atoms with E-state index in [4.69, 9.17) is 16.3 Å². The molecule has 0 atom stereocenters. The number of hydrogen-bond donors (Lipinski definition) is 4. The lowest BCUT2D eigenvalue weighted by Gasteiger charge is -2.14. The number of nitrogens with one attached hydrogen (secondary N) is 4. The molecule has 1 aliphatic heterocycles. The van der Waals surface area contributed by atoms with Crippen LogP contribution in [0.2, 0.25) is 5.02 Å². The average Bonchev–Trinajstić information content (AvgIpc) is 3.63. The van der Waals surface area contributed by atoms with E-state index in [0.29, 0.717) is 12.2 Å². The van der Waals surface area contributed by atoms with Crippen LogP contribution < -0.4 is 26.2 Å². The van der Waals surface area contributed by atoms with Crippen LogP contribution in [0.1, 0.15) is 20.8 Å². The zero-order valence-corrected chi connectivity index (χ0v) is 21.6. The van der Waals surface area contributed by atoms with Gasteiger partial charge in [-0.15, -0.1) is 0 Å². The average molecular weight is 550 g/mol. The van der Waals surface area contributed by atoms with Crippen molar-refractivity contribution >= 4 is 29.2 Å². The van der Waals surface area contributed by atoms with Crippen molar-refractivity contribution in [2.24, 2.45) is 5.92 Å². The lowest BCUT2D eigenvalue weighted by molar-refractivity contribution is 0.0942. The molecule has 2 amide bonds. The fraction of sp³-hybridized carbons (Fsp3) is 0.185. The molecule has 0 radical (unpaired) electrons. The Kier molecular flexibility index (Phi) is 7.82. The van der Waals surface area contributed by atoms with Crippen molar-refractivity contribution in [1.29, 1.82) is 0 Å². The first kappa shape index (κ1) is 26.3. The molecule has 2 aromatic heterocycles. The molecule has 2 aromatic carbocycles. The number of pyridine rings is 1. The lowest BCUT2D eigenvalue weighted by Crippen LogP contribution is -2.31. The third kappa shape index (κ3) is 5.75. The van der Waals surface area contributed by atoms with Crippen molar-refractivity contribution in [3.8, 4) is 22.7 Å². The number of aromatic nitrogens is 3. The van der Waals surface area contributed by atoms with Gasteiger partial charge in [0.2, 0.25) is 0 Å². The summed E-state index contributed by atoms with van der Waals surface area (Å²) in [6.07, 6.45) is 1.44. The van der Waals surface area contributed by atoms with Crippen LogP contribution >= 0.6 is 11.6 Å². The fourth-order valence-electron chi connectivity index (χ4n) is 4.17. The van der Waals surface area contributed by atoms with Crippen molar-refractivity contribution in [2.75, 3.05) is 32.1 Å². The van der Waals surface area contributed by atoms with Gasteiger partial charge in [-0.25, -0.2) is 9.07 Å². The Bertz CT molecular complexity index is 1510. The number of amides is 2. The fourth-order valence-corrected chi connectivity index (χ4v) is 4.41. The number of halogens is 2. The van der Waals surface area contributed by atoms with E-state index < -0.39 is 11.7 Å². The van der Waals surface area contributed by atoms with E-state index >= 15 is 0 Å². The summed E-state index contributed by atoms with van der Waals surface area (Å²) >= 11 is 6.43. The number of carbonyl (C=O) groups excluding carboxylic acids is 2. The number of nitrogens with zero attached hydrogens (tertiary/aromatic N) is 3. The smallest absolute Gasteiger partial charge is 0.271 e. The third-order valence-corrected chi connectivity index (χ3v) is 6.50. The maximum absolute atomic E-state index is 14.5. The number of anilines is 1. The Morgan fingerprint density at radius 1 is 1.10 bits per heavy atom. The van der Waals surface area contributed by atoms with Gasteiger partial charge in [0.05, 0.1) is 23.4 Å². The van der Waals surface area contributed by atoms with Gasteiger partial charge in [-0.2, -0.15) is 5.10 Å². The molecule has 3 heterocycles. The highest BCUT2D eigenvalue weighted by atomic mass is 35.5. The molecule has 4 N–H and O–H groups in total. The summed E-state index contributed by atoms with van der Waals surface area (Å²) in [4.78, 5) is 30.5. The molecule has 1 saturated heterocycles. The SMILES string of the molecule is COc1cc(Cl)c(C(=O)Nc2cc(C(=O)NCC3CNNC3)nn2-c2ccccc2)cc1-c1ncccc1F. The largest absolute Gasteiger partial charge is 0.496 e. The second kappa shape index (κ2) is 11.6. The summed E-state index contributed by atoms with van der Waals surface area (Å²) in [6, 6.07) is 16.1. The summed E-state index contributed by atoms with van der Waals surface area (Å²) in [7, 11) is 1.42. The molecular formula is C27H25ClFN7O3. The third-order valence-electron chi connectivity index (χ3n) is 6.19. The molecule has 10 nitrogen and oxygen atoms in total. The minimum absolute atomic E-state index is 0.0148. The molecule has 0 aliphatic carbocycles. The van der Waals surface area contributed by atoms with Crippen molar-refractivity contribution in [1.82, 2.24) is 30.9 Å². The predicted molar refractivity (Wildman–Crippen MR) is 145 cm³/mol. The van der Waals surface area contributed by atoms with E-state index in [1.54, 1.807) is 12.1 Å². The maximum atomic E-state index is 14.5. The number of benzene rings is 2. The Hall–Kier alpha value is -4.32. The van der Waals surface area contributed by atoms with Crippen LogP contribution in [-0.4, -0.2) is 53.3 Å². The second-order valence-electron chi connectivity index (χ2n) is 8.82. The van der Waals surface area contributed by atoms with Gasteiger partial charge in [-0.05, 0) is 30.3 Å². The van der Waals surface area contributed by atoms with E-state index in [1.807, 2.05) is 18.2 Å². The highest BCUT2D eigenvalue weighted by Crippen LogP contribution is 2.35. The van der Waals surface area contributed by atoms with E-state index in [0.717, 1.165) is 13.1 Å². The molecular weight excluding hydrogens is 525 g/mol. The Balaban J connectivity index is 1.46. The molecule has 0 saturated carbocycles. The van der Waals surface area contributed by atoms with Crippen molar-refractivity contribution in [3.05, 3.63) is 89.0 Å². The zero-order chi connectivity index (χ0) is 27.4. The molecule has 1 aliphatic rings. The second-order valence-corrected chi connectivity index (χ2v) is 9.23. The lowest BCUT2D eigenvalue weighted by atomic mass is 10.0. The van der Waals surface area contributed by atoms with Crippen LogP contribution in [0.25, 0.3) is 16.9 Å². The van der Waals surface area contributed by atoms with Gasteiger partial charge in [0, 0.05) is 49.4 Å². The van der Waals surface area contributed by atoms with Crippen LogP contribution in [0.15, 0.2) is 66.9 Å². The number of carbonyl (C=O) groups is 2. The molecule has 5 rings (SSSR count). The van der Waals surface area contributed by atoms with Gasteiger partial charge in [0.15, 0.2) is 5.69 Å². The van der Waals surface area contributed by atoms with Crippen LogP contribution in [0.4, 0.5) is 10.2 Å². The highest BCUT2D eigenvalue weighted by molar-refractivity contribution is 6.34. The minimum Gasteiger partial charge on any atom is -0.496 e. The van der Waals surface area contributed by atoms with Gasteiger partial charge in [-0.1, -0.05) is 29.8 Å². The summed E-state index contributed by atoms with van der Waals surface area (Å²) in [6.45, 7) is 1.95. The Labute approximate surface area is 228 Å². The molecule has 200 valence electrons. The predicted octanol–water partition coefficient (Wildman–Crippen LogP) is 3.44. The number of methoxy groups -OCH3 is 1. The number of hydrazine groups is 1. The molecule has 4 aromatic rings. The normalized spacial score (nSPS) is 13.3. The summed E-state index contributed by atoms with van der Waals surface area (Å²) in [5, 5.41) is 10.2. The number of ether oxygens (including phenoxy) is 1. The summed E-state index contributed by atoms with van der Waals surface area (Å²) in [5.41, 5.74) is 7.15. The van der Waals surface area contributed by atoms with Gasteiger partial charge in [-0.3, -0.25) is 25.4 Å². The molecule has 1 fully saturated rings. The summed E-state index contributed by atoms with van der Waals surface area (Å²) in [5.74, 6) is -0.783. The standard InChI is InChI=1S/C27H25ClFN7O3/c1-39-23-11-20(28)18(10-19(23)25-21(29)8-5-9-30-25)26(37)34-24-12-22(27(38)31-13-16-14-32-33-15-16)35-36(24)17-6-3-2-4-7-17/h2-12,16,32-33H,13-15H2,1H3,(H,31,38)(H,34,37). The van der Waals surface area contributed by atoms with Crippen LogP contribution in [-0.2, 0) is 0 Å². The minimum atomic E-state index is -0.590. The van der Waals surface area contributed by atoms with E-state index in [9.17, 15) is 14.0 Å². The zero-order valence-electron chi connectivity index (χ0n) is 20.9. The topological polar surface area (TPSA) is 122 Å². The number of hydrogen-bond acceptors (Lipinski definition) is 7. The highest BCUT2D eigenvalue weighted by Gasteiger charge is 2.23. The monoisotopic (exact) mass is 549 g/mol. The maximum Gasteiger partial charge on any atom is 0.271 e. The van der Waals surface area contributed by atoms with Gasteiger partial charge < -0.3 is 15.4 Å². The number of para-hydroxylation sites is 1. The first-order valence-corrected chi connectivity index (χ1v) is 12.5. The van der Waals surface area contributed by atoms with Crippen LogP contribution in [0.5, 0.6) is 5.75 Å². The van der Waals surface area contributed by atoms with Crippen molar-refractivity contribution < 1.29 is 18.7 Å². The molecule has 0 bridgehead atoms.